The maximum absolute atomic E-state index is 12.0. The molecule has 0 spiro atoms. The van der Waals surface area contributed by atoms with Crippen LogP contribution < -0.4 is 0 Å². The van der Waals surface area contributed by atoms with Gasteiger partial charge < -0.3 is 24.8 Å². The minimum atomic E-state index is -3.26. The molecule has 3 N–H and O–H groups in total. The van der Waals surface area contributed by atoms with Gasteiger partial charge in [0.05, 0.1) is 42.9 Å². The van der Waals surface area contributed by atoms with E-state index >= 15 is 0 Å². The molecule has 2 aliphatic heterocycles. The zero-order valence-electron chi connectivity index (χ0n) is 17.3. The molecule has 0 bridgehead atoms. The topological polar surface area (TPSA) is 117 Å². The molecule has 2 heterocycles. The van der Waals surface area contributed by atoms with Gasteiger partial charge in [-0.3, -0.25) is 0 Å². The lowest BCUT2D eigenvalue weighted by molar-refractivity contribution is -0.165. The Hall–Kier alpha value is -0.510. The molecule has 0 aromatic heterocycles. The minimum Gasteiger partial charge on any atom is -0.393 e. The van der Waals surface area contributed by atoms with E-state index in [1.165, 1.54) is 5.41 Å². The molecule has 8 atom stereocenters. The fraction of sp³-hybridized carbons (Fsp3) is 0.900. The first-order valence-corrected chi connectivity index (χ1v) is 12.0. The number of ether oxygens (including phenoxy) is 2. The number of rotatable bonds is 10. The number of aliphatic hydroxyl groups is 3. The zero-order chi connectivity index (χ0) is 21.1. The Morgan fingerprint density at radius 3 is 2.50 bits per heavy atom. The molecular formula is C20H36O7S. The first kappa shape index (κ1) is 23.8. The molecule has 8 heteroatoms. The molecule has 28 heavy (non-hydrogen) atoms. The molecule has 2 rings (SSSR count). The Morgan fingerprint density at radius 1 is 1.21 bits per heavy atom. The summed E-state index contributed by atoms with van der Waals surface area (Å²) in [6.45, 7) is 7.59. The third-order valence-corrected chi connectivity index (χ3v) is 7.48. The van der Waals surface area contributed by atoms with Crippen molar-refractivity contribution in [1.82, 2.24) is 0 Å². The maximum Gasteiger partial charge on any atom is 0.171 e. The smallest absolute Gasteiger partial charge is 0.171 e. The van der Waals surface area contributed by atoms with Gasteiger partial charge in [-0.2, -0.15) is 0 Å². The van der Waals surface area contributed by atoms with Crippen LogP contribution in [0.15, 0.2) is 11.0 Å². The van der Waals surface area contributed by atoms with Gasteiger partial charge in [0.15, 0.2) is 9.84 Å². The van der Waals surface area contributed by atoms with Gasteiger partial charge in [-0.25, -0.2) is 8.42 Å². The Kier molecular flexibility index (Phi) is 8.49. The summed E-state index contributed by atoms with van der Waals surface area (Å²) in [6.07, 6.45) is -0.926. The fourth-order valence-corrected chi connectivity index (χ4v) is 5.31. The SMILES string of the molecule is CCCCS(=O)(=O)/C=C(\C)C[C@@H]1OCC(C[C@@H]2O[C@H]2[C@@H](C)[C@H](C)O)[C@@H](O)[C@H]1O. The van der Waals surface area contributed by atoms with E-state index in [1.807, 2.05) is 13.8 Å². The zero-order valence-corrected chi connectivity index (χ0v) is 18.1. The summed E-state index contributed by atoms with van der Waals surface area (Å²) in [6, 6.07) is 0. The molecule has 0 aromatic carbocycles. The summed E-state index contributed by atoms with van der Waals surface area (Å²) in [5, 5.41) is 31.9. The molecule has 0 amide bonds. The van der Waals surface area contributed by atoms with Gasteiger partial charge in [0.2, 0.25) is 0 Å². The third-order valence-electron chi connectivity index (χ3n) is 5.86. The average Bonchev–Trinajstić information content (AvgIpc) is 3.37. The van der Waals surface area contributed by atoms with Crippen LogP contribution in [-0.4, -0.2) is 72.7 Å². The van der Waals surface area contributed by atoms with Crippen LogP contribution in [-0.2, 0) is 19.3 Å². The van der Waals surface area contributed by atoms with Crippen LogP contribution in [0.4, 0.5) is 0 Å². The van der Waals surface area contributed by atoms with Crippen molar-refractivity contribution in [2.75, 3.05) is 12.4 Å². The molecule has 0 saturated carbocycles. The quantitative estimate of drug-likeness (QED) is 0.458. The highest BCUT2D eigenvalue weighted by atomic mass is 32.2. The van der Waals surface area contributed by atoms with Crippen LogP contribution in [0.5, 0.6) is 0 Å². The maximum atomic E-state index is 12.0. The average molecular weight is 421 g/mol. The molecule has 2 aliphatic rings. The van der Waals surface area contributed by atoms with Crippen molar-refractivity contribution in [3.05, 3.63) is 11.0 Å². The highest BCUT2D eigenvalue weighted by molar-refractivity contribution is 7.94. The molecular weight excluding hydrogens is 384 g/mol. The van der Waals surface area contributed by atoms with Gasteiger partial charge in [0.25, 0.3) is 0 Å². The van der Waals surface area contributed by atoms with Crippen LogP contribution in [0.25, 0.3) is 0 Å². The first-order chi connectivity index (χ1) is 13.1. The second-order valence-electron chi connectivity index (χ2n) is 8.48. The Balaban J connectivity index is 1.86. The summed E-state index contributed by atoms with van der Waals surface area (Å²) in [4.78, 5) is 0. The van der Waals surface area contributed by atoms with E-state index in [4.69, 9.17) is 9.47 Å². The number of sulfone groups is 1. The fourth-order valence-electron chi connectivity index (χ4n) is 3.79. The largest absolute Gasteiger partial charge is 0.393 e. The van der Waals surface area contributed by atoms with Crippen molar-refractivity contribution < 1.29 is 33.2 Å². The first-order valence-electron chi connectivity index (χ1n) is 10.3. The van der Waals surface area contributed by atoms with E-state index in [-0.39, 0.29) is 42.8 Å². The van der Waals surface area contributed by atoms with Gasteiger partial charge >= 0.3 is 0 Å². The third kappa shape index (κ3) is 6.50. The summed E-state index contributed by atoms with van der Waals surface area (Å²) in [5.74, 6) is -0.112. The molecule has 1 unspecified atom stereocenters. The van der Waals surface area contributed by atoms with Crippen molar-refractivity contribution in [2.45, 2.75) is 90.0 Å². The van der Waals surface area contributed by atoms with Gasteiger partial charge in [0.1, 0.15) is 6.10 Å². The summed E-state index contributed by atoms with van der Waals surface area (Å²) >= 11 is 0. The van der Waals surface area contributed by atoms with Crippen molar-refractivity contribution >= 4 is 9.84 Å². The molecule has 0 aliphatic carbocycles. The predicted octanol–water partition coefficient (Wildman–Crippen LogP) is 1.41. The van der Waals surface area contributed by atoms with E-state index in [1.54, 1.807) is 13.8 Å². The van der Waals surface area contributed by atoms with Crippen molar-refractivity contribution in [3.8, 4) is 0 Å². The number of hydrogen-bond donors (Lipinski definition) is 3. The Morgan fingerprint density at radius 2 is 1.89 bits per heavy atom. The van der Waals surface area contributed by atoms with E-state index in [0.29, 0.717) is 18.4 Å². The standard InChI is InChI=1S/C20H36O7S/c1-5-6-7-28(24,25)11-12(2)8-16-19(23)18(22)15(10-26-16)9-17-20(27-17)13(3)14(4)21/h11,13-23H,5-10H2,1-4H3/b12-11+/t13-,14-,15?,16-,17-,18+,19-,20-/m0/s1. The van der Waals surface area contributed by atoms with E-state index < -0.39 is 34.3 Å². The van der Waals surface area contributed by atoms with Crippen molar-refractivity contribution in [1.29, 1.82) is 0 Å². The Labute approximate surface area is 168 Å². The van der Waals surface area contributed by atoms with Crippen molar-refractivity contribution in [2.24, 2.45) is 11.8 Å². The normalized spacial score (nSPS) is 36.2. The van der Waals surface area contributed by atoms with Crippen LogP contribution in [0, 0.1) is 11.8 Å². The van der Waals surface area contributed by atoms with Crippen molar-refractivity contribution in [3.63, 3.8) is 0 Å². The van der Waals surface area contributed by atoms with Crippen LogP contribution in [0.1, 0.15) is 53.4 Å². The van der Waals surface area contributed by atoms with Gasteiger partial charge in [-0.1, -0.05) is 25.8 Å². The lowest BCUT2D eigenvalue weighted by Gasteiger charge is -2.38. The van der Waals surface area contributed by atoms with Gasteiger partial charge in [-0.15, -0.1) is 0 Å². The number of aliphatic hydroxyl groups excluding tert-OH is 3. The lowest BCUT2D eigenvalue weighted by Crippen LogP contribution is -2.50. The molecule has 0 aromatic rings. The van der Waals surface area contributed by atoms with Crippen LogP contribution in [0.2, 0.25) is 0 Å². The van der Waals surface area contributed by atoms with Crippen LogP contribution in [0.3, 0.4) is 0 Å². The van der Waals surface area contributed by atoms with Gasteiger partial charge in [-0.05, 0) is 33.1 Å². The number of hydrogen-bond acceptors (Lipinski definition) is 7. The molecule has 2 saturated heterocycles. The highest BCUT2D eigenvalue weighted by Gasteiger charge is 2.48. The van der Waals surface area contributed by atoms with E-state index in [0.717, 1.165) is 6.42 Å². The number of unbranched alkanes of at least 4 members (excludes halogenated alkanes) is 1. The van der Waals surface area contributed by atoms with E-state index in [9.17, 15) is 23.7 Å². The predicted molar refractivity (Wildman–Crippen MR) is 106 cm³/mol. The molecule has 7 nitrogen and oxygen atoms in total. The second-order valence-corrected chi connectivity index (χ2v) is 10.4. The number of epoxide rings is 1. The summed E-state index contributed by atoms with van der Waals surface area (Å²) < 4.78 is 35.5. The Bertz CT molecular complexity index is 630. The van der Waals surface area contributed by atoms with Gasteiger partial charge in [0, 0.05) is 17.2 Å². The monoisotopic (exact) mass is 420 g/mol. The minimum absolute atomic E-state index is 0.0202. The molecule has 0 radical (unpaired) electrons. The molecule has 164 valence electrons. The lowest BCUT2D eigenvalue weighted by atomic mass is 9.85. The van der Waals surface area contributed by atoms with Crippen LogP contribution >= 0.6 is 0 Å². The summed E-state index contributed by atoms with van der Waals surface area (Å²) in [5.41, 5.74) is 0.613. The molecule has 2 fully saturated rings. The second kappa shape index (κ2) is 10.00. The van der Waals surface area contributed by atoms with E-state index in [2.05, 4.69) is 0 Å². The highest BCUT2D eigenvalue weighted by Crippen LogP contribution is 2.38. The summed E-state index contributed by atoms with van der Waals surface area (Å²) in [7, 11) is -3.26.